The van der Waals surface area contributed by atoms with E-state index in [0.29, 0.717) is 12.1 Å². The maximum atomic E-state index is 13.1. The highest BCUT2D eigenvalue weighted by molar-refractivity contribution is 5.93. The summed E-state index contributed by atoms with van der Waals surface area (Å²) in [5.41, 5.74) is 2.25. The molecule has 1 aromatic carbocycles. The number of nitrogens with zero attached hydrogens (tertiary/aromatic N) is 2. The monoisotopic (exact) mass is 314 g/mol. The molecule has 0 unspecified atom stereocenters. The average molecular weight is 314 g/mol. The van der Waals surface area contributed by atoms with Crippen LogP contribution < -0.4 is 0 Å². The van der Waals surface area contributed by atoms with E-state index in [-0.39, 0.29) is 24.3 Å². The summed E-state index contributed by atoms with van der Waals surface area (Å²) in [5, 5.41) is 9.99. The number of aryl methyl sites for hydroxylation is 1. The van der Waals surface area contributed by atoms with Crippen molar-refractivity contribution in [3.63, 3.8) is 0 Å². The Hall–Kier alpha value is -2.27. The summed E-state index contributed by atoms with van der Waals surface area (Å²) < 4.78 is 13.1. The Bertz CT molecular complexity index is 702. The van der Waals surface area contributed by atoms with Crippen molar-refractivity contribution >= 4 is 5.91 Å². The summed E-state index contributed by atoms with van der Waals surface area (Å²) in [6, 6.07) is 9.48. The molecule has 2 heterocycles. The van der Waals surface area contributed by atoms with E-state index in [2.05, 4.69) is 4.98 Å². The van der Waals surface area contributed by atoms with Gasteiger partial charge < -0.3 is 10.0 Å². The zero-order valence-corrected chi connectivity index (χ0v) is 12.9. The molecule has 1 amide bonds. The van der Waals surface area contributed by atoms with Crippen LogP contribution in [0.2, 0.25) is 0 Å². The Morgan fingerprint density at radius 3 is 2.78 bits per heavy atom. The molecule has 120 valence electrons. The molecule has 0 spiro atoms. The van der Waals surface area contributed by atoms with E-state index in [9.17, 15) is 14.3 Å². The van der Waals surface area contributed by atoms with Gasteiger partial charge in [-0.3, -0.25) is 9.78 Å². The number of likely N-dealkylation sites (tertiary alicyclic amines) is 1. The molecule has 23 heavy (non-hydrogen) atoms. The summed E-state index contributed by atoms with van der Waals surface area (Å²) in [7, 11) is 0. The van der Waals surface area contributed by atoms with Crippen LogP contribution in [0.25, 0.3) is 0 Å². The molecule has 0 radical (unpaired) electrons. The standard InChI is InChI=1S/C18H19FN2O2/c1-2-12-7-8-20-16(9-12)18(23)21-11-15(22)10-17(21)13-3-5-14(19)6-4-13/h3-9,15,17,22H,2,10-11H2,1H3/t15-,17-/m1/s1. The minimum Gasteiger partial charge on any atom is -0.391 e. The fourth-order valence-corrected chi connectivity index (χ4v) is 3.00. The van der Waals surface area contributed by atoms with E-state index in [1.54, 1.807) is 29.3 Å². The van der Waals surface area contributed by atoms with E-state index in [4.69, 9.17) is 0 Å². The Labute approximate surface area is 134 Å². The molecule has 1 N–H and O–H groups in total. The predicted molar refractivity (Wildman–Crippen MR) is 84.4 cm³/mol. The molecule has 1 fully saturated rings. The van der Waals surface area contributed by atoms with Crippen molar-refractivity contribution in [1.82, 2.24) is 9.88 Å². The Morgan fingerprint density at radius 1 is 1.35 bits per heavy atom. The Kier molecular flexibility index (Phi) is 4.39. The van der Waals surface area contributed by atoms with E-state index < -0.39 is 6.10 Å². The van der Waals surface area contributed by atoms with Gasteiger partial charge in [-0.2, -0.15) is 0 Å². The fourth-order valence-electron chi connectivity index (χ4n) is 3.00. The summed E-state index contributed by atoms with van der Waals surface area (Å²) >= 11 is 0. The molecule has 0 saturated carbocycles. The Morgan fingerprint density at radius 2 is 2.09 bits per heavy atom. The summed E-state index contributed by atoms with van der Waals surface area (Å²) in [5.74, 6) is -0.520. The van der Waals surface area contributed by atoms with Crippen molar-refractivity contribution in [3.05, 3.63) is 65.2 Å². The molecule has 2 aromatic rings. The molecular weight excluding hydrogens is 295 g/mol. The first kappa shape index (κ1) is 15.6. The lowest BCUT2D eigenvalue weighted by Crippen LogP contribution is -2.32. The van der Waals surface area contributed by atoms with Gasteiger partial charge in [-0.05, 0) is 48.2 Å². The second-order valence-electron chi connectivity index (χ2n) is 5.82. The number of carbonyl (C=O) groups is 1. The van der Waals surface area contributed by atoms with Crippen LogP contribution in [0.15, 0.2) is 42.6 Å². The summed E-state index contributed by atoms with van der Waals surface area (Å²) in [6.07, 6.45) is 2.33. The first-order valence-electron chi connectivity index (χ1n) is 7.78. The van der Waals surface area contributed by atoms with Gasteiger partial charge in [-0.25, -0.2) is 4.39 Å². The molecule has 4 nitrogen and oxygen atoms in total. The maximum absolute atomic E-state index is 13.1. The van der Waals surface area contributed by atoms with Crippen LogP contribution in [0, 0.1) is 5.82 Å². The van der Waals surface area contributed by atoms with Gasteiger partial charge in [0.1, 0.15) is 11.5 Å². The van der Waals surface area contributed by atoms with Crippen molar-refractivity contribution in [2.45, 2.75) is 31.9 Å². The zero-order valence-electron chi connectivity index (χ0n) is 12.9. The highest BCUT2D eigenvalue weighted by Gasteiger charge is 2.36. The zero-order chi connectivity index (χ0) is 16.4. The van der Waals surface area contributed by atoms with Crippen LogP contribution in [0.4, 0.5) is 4.39 Å². The number of hydrogen-bond donors (Lipinski definition) is 1. The smallest absolute Gasteiger partial charge is 0.273 e. The number of β-amino-alcohol motifs (C(OH)–C–C–N with tert-alkyl or cyclic N) is 1. The van der Waals surface area contributed by atoms with Gasteiger partial charge in [0.25, 0.3) is 5.91 Å². The predicted octanol–water partition coefficient (Wildman–Crippen LogP) is 2.73. The second kappa shape index (κ2) is 6.46. The molecule has 3 rings (SSSR count). The van der Waals surface area contributed by atoms with Crippen LogP contribution in [0.5, 0.6) is 0 Å². The van der Waals surface area contributed by atoms with E-state index in [0.717, 1.165) is 17.5 Å². The van der Waals surface area contributed by atoms with E-state index >= 15 is 0 Å². The van der Waals surface area contributed by atoms with Crippen molar-refractivity contribution in [3.8, 4) is 0 Å². The van der Waals surface area contributed by atoms with Crippen LogP contribution in [0.3, 0.4) is 0 Å². The quantitative estimate of drug-likeness (QED) is 0.948. The molecule has 0 aliphatic carbocycles. The van der Waals surface area contributed by atoms with E-state index in [1.165, 1.54) is 12.1 Å². The minimum absolute atomic E-state index is 0.203. The first-order valence-corrected chi connectivity index (χ1v) is 7.78. The van der Waals surface area contributed by atoms with Crippen molar-refractivity contribution < 1.29 is 14.3 Å². The third kappa shape index (κ3) is 3.24. The minimum atomic E-state index is -0.580. The fraction of sp³-hybridized carbons (Fsp3) is 0.333. The molecule has 2 atom stereocenters. The third-order valence-electron chi connectivity index (χ3n) is 4.25. The van der Waals surface area contributed by atoms with Crippen molar-refractivity contribution in [2.24, 2.45) is 0 Å². The lowest BCUT2D eigenvalue weighted by molar-refractivity contribution is 0.0709. The number of rotatable bonds is 3. The molecule has 1 aliphatic rings. The SMILES string of the molecule is CCc1ccnc(C(=O)N2C[C@H](O)C[C@@H]2c2ccc(F)cc2)c1. The highest BCUT2D eigenvalue weighted by Crippen LogP contribution is 2.33. The number of aliphatic hydroxyl groups excluding tert-OH is 1. The van der Waals surface area contributed by atoms with Gasteiger partial charge in [0, 0.05) is 12.7 Å². The van der Waals surface area contributed by atoms with Crippen LogP contribution >= 0.6 is 0 Å². The first-order chi connectivity index (χ1) is 11.1. The average Bonchev–Trinajstić information content (AvgIpc) is 2.96. The van der Waals surface area contributed by atoms with Crippen molar-refractivity contribution in [1.29, 1.82) is 0 Å². The second-order valence-corrected chi connectivity index (χ2v) is 5.82. The molecule has 1 aliphatic heterocycles. The molecule has 0 bridgehead atoms. The number of benzene rings is 1. The lowest BCUT2D eigenvalue weighted by atomic mass is 10.0. The number of carbonyl (C=O) groups excluding carboxylic acids is 1. The van der Waals surface area contributed by atoms with Gasteiger partial charge >= 0.3 is 0 Å². The summed E-state index contributed by atoms with van der Waals surface area (Å²) in [6.45, 7) is 2.28. The topological polar surface area (TPSA) is 53.4 Å². The number of hydrogen-bond acceptors (Lipinski definition) is 3. The van der Waals surface area contributed by atoms with Gasteiger partial charge in [-0.15, -0.1) is 0 Å². The maximum Gasteiger partial charge on any atom is 0.273 e. The summed E-state index contributed by atoms with van der Waals surface area (Å²) in [4.78, 5) is 18.6. The number of halogens is 1. The van der Waals surface area contributed by atoms with Crippen LogP contribution in [-0.4, -0.2) is 33.5 Å². The Balaban J connectivity index is 1.89. The molecule has 5 heteroatoms. The van der Waals surface area contributed by atoms with Gasteiger partial charge in [0.2, 0.25) is 0 Å². The number of aromatic nitrogens is 1. The van der Waals surface area contributed by atoms with Crippen LogP contribution in [0.1, 0.15) is 41.0 Å². The number of aliphatic hydroxyl groups is 1. The molecular formula is C18H19FN2O2. The van der Waals surface area contributed by atoms with Gasteiger partial charge in [0.05, 0.1) is 12.1 Å². The number of pyridine rings is 1. The van der Waals surface area contributed by atoms with Crippen LogP contribution in [-0.2, 0) is 6.42 Å². The van der Waals surface area contributed by atoms with Gasteiger partial charge in [0.15, 0.2) is 0 Å². The highest BCUT2D eigenvalue weighted by atomic mass is 19.1. The number of amides is 1. The molecule has 1 saturated heterocycles. The lowest BCUT2D eigenvalue weighted by Gasteiger charge is -2.24. The molecule has 1 aromatic heterocycles. The van der Waals surface area contributed by atoms with Crippen molar-refractivity contribution in [2.75, 3.05) is 6.54 Å². The normalized spacial score (nSPS) is 20.7. The van der Waals surface area contributed by atoms with E-state index in [1.807, 2.05) is 13.0 Å². The third-order valence-corrected chi connectivity index (χ3v) is 4.25. The van der Waals surface area contributed by atoms with Gasteiger partial charge in [-0.1, -0.05) is 19.1 Å². The largest absolute Gasteiger partial charge is 0.391 e.